The average Bonchev–Trinajstić information content (AvgIpc) is 4.00. The molecule has 4 nitrogen and oxygen atoms in total. The van der Waals surface area contributed by atoms with Crippen LogP contribution in [0, 0.1) is 0 Å². The first kappa shape index (κ1) is 32.7. The van der Waals surface area contributed by atoms with Gasteiger partial charge in [0.15, 0.2) is 0 Å². The van der Waals surface area contributed by atoms with Gasteiger partial charge in [0.2, 0.25) is 0 Å². The molecule has 0 amide bonds. The maximum absolute atomic E-state index is 6.38. The fourth-order valence-electron chi connectivity index (χ4n) is 8.51. The summed E-state index contributed by atoms with van der Waals surface area (Å²) in [4.78, 5) is 7.44. The van der Waals surface area contributed by atoms with Crippen LogP contribution in [-0.2, 0) is 0 Å². The molecule has 3 heterocycles. The predicted octanol–water partition coefficient (Wildman–Crippen LogP) is 15.7. The number of hydrogen-bond donors (Lipinski definition) is 0. The highest BCUT2D eigenvalue weighted by molar-refractivity contribution is 7.21. The molecular weight excluding hydrogens is 729 g/mol. The lowest BCUT2D eigenvalue weighted by Crippen LogP contribution is -2.09. The van der Waals surface area contributed by atoms with E-state index in [1.165, 1.54) is 21.9 Å². The molecule has 12 aromatic rings. The Kier molecular flexibility index (Phi) is 7.37. The molecule has 0 saturated carbocycles. The van der Waals surface area contributed by atoms with Crippen LogP contribution in [0.15, 0.2) is 203 Å². The third-order valence-corrected chi connectivity index (χ3v) is 12.4. The quantitative estimate of drug-likeness (QED) is 0.169. The van der Waals surface area contributed by atoms with Crippen LogP contribution in [0.25, 0.3) is 97.7 Å². The number of furan rings is 2. The fraction of sp³-hybridized carbons (Fsp3) is 0. The number of hydrogen-bond acceptors (Lipinski definition) is 5. The average molecular weight is 761 g/mol. The van der Waals surface area contributed by atoms with Crippen LogP contribution in [-0.4, -0.2) is 4.98 Å². The summed E-state index contributed by atoms with van der Waals surface area (Å²) in [6.07, 6.45) is 0. The van der Waals surface area contributed by atoms with Gasteiger partial charge in [0.25, 0.3) is 0 Å². The van der Waals surface area contributed by atoms with Crippen molar-refractivity contribution in [3.05, 3.63) is 194 Å². The zero-order valence-corrected chi connectivity index (χ0v) is 31.9. The van der Waals surface area contributed by atoms with E-state index in [4.69, 9.17) is 13.8 Å². The summed E-state index contributed by atoms with van der Waals surface area (Å²) in [6, 6.07) is 68.6. The van der Waals surface area contributed by atoms with Crippen molar-refractivity contribution in [2.75, 3.05) is 4.90 Å². The number of benzene rings is 9. The topological polar surface area (TPSA) is 42.4 Å². The number of nitrogens with zero attached hydrogens (tertiary/aromatic N) is 2. The zero-order valence-electron chi connectivity index (χ0n) is 31.1. The minimum Gasteiger partial charge on any atom is -0.456 e. The van der Waals surface area contributed by atoms with Gasteiger partial charge in [0.1, 0.15) is 27.3 Å². The largest absolute Gasteiger partial charge is 0.456 e. The molecule has 58 heavy (non-hydrogen) atoms. The fourth-order valence-corrected chi connectivity index (χ4v) is 9.49. The van der Waals surface area contributed by atoms with Gasteiger partial charge in [0.05, 0.1) is 15.6 Å². The second kappa shape index (κ2) is 13.1. The summed E-state index contributed by atoms with van der Waals surface area (Å²) in [5.74, 6) is 0. The predicted molar refractivity (Wildman–Crippen MR) is 243 cm³/mol. The monoisotopic (exact) mass is 760 g/mol. The van der Waals surface area contributed by atoms with E-state index in [1.54, 1.807) is 11.3 Å². The van der Waals surface area contributed by atoms with E-state index in [1.807, 2.05) is 18.2 Å². The second-order valence-corrected chi connectivity index (χ2v) is 15.7. The SMILES string of the molecule is c1ccc(-c2nc3c(ccc4oc5ccc(-c6ccc(N(c7ccc(-c8cccc9ccccc89)cc7)c7ccc8c(c7)oc7ccccc78)cc6)cc5c43)s2)cc1. The molecule has 0 fully saturated rings. The summed E-state index contributed by atoms with van der Waals surface area (Å²) in [6.45, 7) is 0. The van der Waals surface area contributed by atoms with Crippen LogP contribution in [0.2, 0.25) is 0 Å². The number of rotatable bonds is 6. The Morgan fingerprint density at radius 2 is 1.03 bits per heavy atom. The molecule has 0 saturated heterocycles. The molecular formula is C53H32N2O2S. The zero-order chi connectivity index (χ0) is 38.2. The minimum atomic E-state index is 0.850. The summed E-state index contributed by atoms with van der Waals surface area (Å²) in [7, 11) is 0. The smallest absolute Gasteiger partial charge is 0.137 e. The van der Waals surface area contributed by atoms with E-state index < -0.39 is 0 Å². The lowest BCUT2D eigenvalue weighted by molar-refractivity contribution is 0.668. The lowest BCUT2D eigenvalue weighted by Gasteiger charge is -2.26. The van der Waals surface area contributed by atoms with Crippen molar-refractivity contribution < 1.29 is 8.83 Å². The molecule has 272 valence electrons. The highest BCUT2D eigenvalue weighted by Gasteiger charge is 2.19. The molecule has 0 atom stereocenters. The van der Waals surface area contributed by atoms with E-state index in [0.29, 0.717) is 0 Å². The Hall–Kier alpha value is -7.47. The second-order valence-electron chi connectivity index (χ2n) is 14.7. The Labute approximate surface area is 337 Å². The Morgan fingerprint density at radius 3 is 1.88 bits per heavy atom. The van der Waals surface area contributed by atoms with Crippen LogP contribution >= 0.6 is 11.3 Å². The van der Waals surface area contributed by atoms with Crippen LogP contribution in [0.1, 0.15) is 0 Å². The van der Waals surface area contributed by atoms with Gasteiger partial charge in [-0.15, -0.1) is 11.3 Å². The van der Waals surface area contributed by atoms with Crippen molar-refractivity contribution in [3.63, 3.8) is 0 Å². The molecule has 0 unspecified atom stereocenters. The Bertz CT molecular complexity index is 3500. The number of thiazole rings is 1. The van der Waals surface area contributed by atoms with Gasteiger partial charge in [0, 0.05) is 44.9 Å². The van der Waals surface area contributed by atoms with E-state index in [-0.39, 0.29) is 0 Å². The number of aromatic nitrogens is 1. The van der Waals surface area contributed by atoms with E-state index in [0.717, 1.165) is 92.9 Å². The summed E-state index contributed by atoms with van der Waals surface area (Å²) < 4.78 is 13.9. The van der Waals surface area contributed by atoms with Gasteiger partial charge in [-0.2, -0.15) is 0 Å². The molecule has 0 aliphatic rings. The molecule has 12 rings (SSSR count). The summed E-state index contributed by atoms with van der Waals surface area (Å²) in [5.41, 5.74) is 13.3. The van der Waals surface area contributed by atoms with Crippen LogP contribution < -0.4 is 4.90 Å². The van der Waals surface area contributed by atoms with Crippen molar-refractivity contribution in [3.8, 4) is 32.8 Å². The van der Waals surface area contributed by atoms with Crippen molar-refractivity contribution in [1.29, 1.82) is 0 Å². The van der Waals surface area contributed by atoms with Gasteiger partial charge in [-0.3, -0.25) is 0 Å². The first-order valence-corrected chi connectivity index (χ1v) is 20.2. The molecule has 3 aromatic heterocycles. The van der Waals surface area contributed by atoms with Crippen LogP contribution in [0.5, 0.6) is 0 Å². The van der Waals surface area contributed by atoms with Crippen molar-refractivity contribution in [2.45, 2.75) is 0 Å². The van der Waals surface area contributed by atoms with Gasteiger partial charge < -0.3 is 13.7 Å². The van der Waals surface area contributed by atoms with Crippen LogP contribution in [0.4, 0.5) is 17.1 Å². The normalized spacial score (nSPS) is 11.8. The molecule has 0 aliphatic heterocycles. The maximum atomic E-state index is 6.38. The number of fused-ring (bicyclic) bond motifs is 9. The molecule has 0 radical (unpaired) electrons. The van der Waals surface area contributed by atoms with Crippen molar-refractivity contribution >= 4 is 93.3 Å². The van der Waals surface area contributed by atoms with Crippen molar-refractivity contribution in [1.82, 2.24) is 4.98 Å². The lowest BCUT2D eigenvalue weighted by atomic mass is 9.98. The molecule has 5 heteroatoms. The first-order valence-electron chi connectivity index (χ1n) is 19.4. The molecule has 0 aliphatic carbocycles. The van der Waals surface area contributed by atoms with Gasteiger partial charge in [-0.1, -0.05) is 121 Å². The Morgan fingerprint density at radius 1 is 0.397 bits per heavy atom. The Balaban J connectivity index is 0.952. The van der Waals surface area contributed by atoms with E-state index in [9.17, 15) is 0 Å². The molecule has 0 spiro atoms. The van der Waals surface area contributed by atoms with E-state index >= 15 is 0 Å². The highest BCUT2D eigenvalue weighted by atomic mass is 32.1. The highest BCUT2D eigenvalue weighted by Crippen LogP contribution is 2.43. The summed E-state index contributed by atoms with van der Waals surface area (Å²) >= 11 is 1.72. The van der Waals surface area contributed by atoms with E-state index in [2.05, 4.69) is 181 Å². The minimum absolute atomic E-state index is 0.850. The van der Waals surface area contributed by atoms with Crippen molar-refractivity contribution in [2.24, 2.45) is 0 Å². The molecule has 0 N–H and O–H groups in total. The van der Waals surface area contributed by atoms with Crippen LogP contribution in [0.3, 0.4) is 0 Å². The third kappa shape index (κ3) is 5.32. The summed E-state index contributed by atoms with van der Waals surface area (Å²) in [5, 5.41) is 7.84. The van der Waals surface area contributed by atoms with Gasteiger partial charge in [-0.05, 0) is 99.8 Å². The molecule has 9 aromatic carbocycles. The first-order chi connectivity index (χ1) is 28.7. The number of anilines is 3. The van der Waals surface area contributed by atoms with Gasteiger partial charge in [-0.25, -0.2) is 4.98 Å². The maximum Gasteiger partial charge on any atom is 0.137 e. The standard InChI is InChI=1S/C53H32N2O2S/c1-2-10-36(11-3-1)53-54-52-50(58-53)30-29-48-51(52)45-31-37(21-28-47(45)56-48)33-17-22-38(23-18-33)55(40-26-27-44-43-14-6-7-16-46(43)57-49(44)32-40)39-24-19-35(20-25-39)42-15-8-12-34-9-4-5-13-41(34)42/h1-32H. The third-order valence-electron chi connectivity index (χ3n) is 11.3. The van der Waals surface area contributed by atoms with Gasteiger partial charge >= 0.3 is 0 Å². The number of para-hydroxylation sites is 1. The molecule has 0 bridgehead atoms.